The van der Waals surface area contributed by atoms with E-state index < -0.39 is 5.97 Å². The van der Waals surface area contributed by atoms with E-state index in [9.17, 15) is 9.90 Å². The molecule has 4 rings (SSSR count). The first-order valence-electron chi connectivity index (χ1n) is 9.56. The van der Waals surface area contributed by atoms with E-state index in [4.69, 9.17) is 23.2 Å². The van der Waals surface area contributed by atoms with Gasteiger partial charge in [-0.15, -0.1) is 0 Å². The number of aliphatic carboxylic acids is 1. The number of nitrogens with one attached hydrogen (secondary N) is 2. The van der Waals surface area contributed by atoms with Crippen molar-refractivity contribution < 1.29 is 9.90 Å². The van der Waals surface area contributed by atoms with Gasteiger partial charge in [-0.2, -0.15) is 4.98 Å². The molecular formula is C20H20Cl2N6O2. The third-order valence-corrected chi connectivity index (χ3v) is 5.58. The summed E-state index contributed by atoms with van der Waals surface area (Å²) in [4.78, 5) is 24.8. The van der Waals surface area contributed by atoms with E-state index in [0.717, 1.165) is 25.9 Å². The Hall–Kier alpha value is -2.68. The predicted molar refractivity (Wildman–Crippen MR) is 115 cm³/mol. The molecule has 8 nitrogen and oxygen atoms in total. The van der Waals surface area contributed by atoms with Crippen LogP contribution in [0.1, 0.15) is 18.5 Å². The van der Waals surface area contributed by atoms with E-state index >= 15 is 0 Å². The van der Waals surface area contributed by atoms with Gasteiger partial charge in [0.25, 0.3) is 0 Å². The van der Waals surface area contributed by atoms with Gasteiger partial charge in [0.05, 0.1) is 22.2 Å². The Kier molecular flexibility index (Phi) is 6.17. The molecule has 3 aromatic rings. The summed E-state index contributed by atoms with van der Waals surface area (Å²) in [6, 6.07) is 7.12. The van der Waals surface area contributed by atoms with Gasteiger partial charge in [-0.3, -0.25) is 9.36 Å². The first-order chi connectivity index (χ1) is 14.5. The minimum absolute atomic E-state index is 0.201. The summed E-state index contributed by atoms with van der Waals surface area (Å²) in [5.74, 6) is 0.564. The molecule has 1 atom stereocenters. The molecule has 0 aliphatic carbocycles. The van der Waals surface area contributed by atoms with Crippen LogP contribution >= 0.6 is 23.2 Å². The highest BCUT2D eigenvalue weighted by atomic mass is 35.5. The van der Waals surface area contributed by atoms with E-state index in [1.54, 1.807) is 35.0 Å². The van der Waals surface area contributed by atoms with Crippen molar-refractivity contribution in [1.29, 1.82) is 0 Å². The topological polar surface area (TPSA) is 105 Å². The lowest BCUT2D eigenvalue weighted by molar-refractivity contribution is -0.136. The van der Waals surface area contributed by atoms with Crippen molar-refractivity contribution in [3.63, 3.8) is 0 Å². The summed E-state index contributed by atoms with van der Waals surface area (Å²) in [6.45, 7) is 1.86. The Morgan fingerprint density at radius 1 is 1.27 bits per heavy atom. The molecular weight excluding hydrogens is 427 g/mol. The molecule has 30 heavy (non-hydrogen) atoms. The Labute approximate surface area is 183 Å². The van der Waals surface area contributed by atoms with Gasteiger partial charge in [-0.1, -0.05) is 23.2 Å². The number of aromatic nitrogens is 4. The fourth-order valence-electron chi connectivity index (χ4n) is 3.46. The Bertz CT molecular complexity index is 1070. The van der Waals surface area contributed by atoms with E-state index in [1.807, 2.05) is 0 Å². The molecule has 10 heteroatoms. The predicted octanol–water partition coefficient (Wildman–Crippen LogP) is 3.43. The zero-order valence-electron chi connectivity index (χ0n) is 16.0. The summed E-state index contributed by atoms with van der Waals surface area (Å²) in [7, 11) is 0. The van der Waals surface area contributed by atoms with Crippen LogP contribution in [-0.2, 0) is 11.2 Å². The minimum atomic E-state index is -0.961. The van der Waals surface area contributed by atoms with Crippen LogP contribution in [0.3, 0.4) is 0 Å². The lowest BCUT2D eigenvalue weighted by Crippen LogP contribution is -2.38. The first-order valence-corrected chi connectivity index (χ1v) is 10.3. The zero-order valence-corrected chi connectivity index (χ0v) is 17.5. The summed E-state index contributed by atoms with van der Waals surface area (Å²) < 4.78 is 1.71. The summed E-state index contributed by atoms with van der Waals surface area (Å²) >= 11 is 12.2. The van der Waals surface area contributed by atoms with Gasteiger partial charge in [0.2, 0.25) is 5.95 Å². The number of carbonyl (C=O) groups is 1. The molecule has 0 unspecified atom stereocenters. The molecule has 1 aromatic carbocycles. The second-order valence-corrected chi connectivity index (χ2v) is 7.85. The number of benzene rings is 1. The monoisotopic (exact) mass is 446 g/mol. The fraction of sp³-hybridized carbons (Fsp3) is 0.300. The normalized spacial score (nSPS) is 16.4. The van der Waals surface area contributed by atoms with Gasteiger partial charge in [-0.05, 0) is 43.7 Å². The van der Waals surface area contributed by atoms with Crippen LogP contribution in [0, 0.1) is 0 Å². The largest absolute Gasteiger partial charge is 0.481 e. The fourth-order valence-corrected chi connectivity index (χ4v) is 3.76. The number of nitrogens with zero attached hydrogens (tertiary/aromatic N) is 4. The van der Waals surface area contributed by atoms with Crippen LogP contribution in [0.25, 0.3) is 17.2 Å². The lowest BCUT2D eigenvalue weighted by atomic mass is 10.1. The van der Waals surface area contributed by atoms with Gasteiger partial charge in [0.1, 0.15) is 11.6 Å². The summed E-state index contributed by atoms with van der Waals surface area (Å²) in [5, 5.41) is 16.8. The van der Waals surface area contributed by atoms with Crippen molar-refractivity contribution in [2.45, 2.75) is 25.3 Å². The zero-order chi connectivity index (χ0) is 21.1. The molecule has 0 saturated carbocycles. The summed E-state index contributed by atoms with van der Waals surface area (Å²) in [6.07, 6.45) is 5.09. The smallest absolute Gasteiger partial charge is 0.309 e. The third-order valence-electron chi connectivity index (χ3n) is 4.85. The minimum Gasteiger partial charge on any atom is -0.481 e. The maximum Gasteiger partial charge on any atom is 0.309 e. The number of hydrogen-bond acceptors (Lipinski definition) is 6. The van der Waals surface area contributed by atoms with E-state index in [2.05, 4.69) is 25.6 Å². The van der Waals surface area contributed by atoms with Crippen LogP contribution in [0.5, 0.6) is 0 Å². The molecule has 3 heterocycles. The second-order valence-electron chi connectivity index (χ2n) is 7.03. The van der Waals surface area contributed by atoms with Crippen molar-refractivity contribution >= 4 is 35.1 Å². The number of hydrogen-bond donors (Lipinski definition) is 3. The molecule has 1 saturated heterocycles. The third kappa shape index (κ3) is 4.56. The van der Waals surface area contributed by atoms with Crippen LogP contribution in [0.2, 0.25) is 10.0 Å². The summed E-state index contributed by atoms with van der Waals surface area (Å²) in [5.41, 5.74) is 1.19. The van der Waals surface area contributed by atoms with E-state index in [1.165, 1.54) is 6.20 Å². The van der Waals surface area contributed by atoms with Gasteiger partial charge in [0.15, 0.2) is 0 Å². The lowest BCUT2D eigenvalue weighted by Gasteiger charge is -2.24. The standard InChI is InChI=1S/C20H20Cl2N6O2/c21-15-4-3-12(8-16(15)22)19-25-11-14(9-18(29)30)28(19)17-5-7-24-20(27-17)26-13-2-1-6-23-10-13/h3-5,7-8,11,13,23H,1-2,6,9-10H2,(H,29,30)(H,24,26,27)/t13-/m0/s1. The number of anilines is 1. The maximum atomic E-state index is 11.4. The van der Waals surface area contributed by atoms with Crippen molar-refractivity contribution in [3.8, 4) is 17.2 Å². The Balaban J connectivity index is 1.74. The second kappa shape index (κ2) is 8.99. The number of carboxylic acids is 1. The number of carboxylic acid groups (broad SMARTS) is 1. The van der Waals surface area contributed by atoms with Crippen LogP contribution in [0.4, 0.5) is 5.95 Å². The molecule has 1 aliphatic rings. The molecule has 0 radical (unpaired) electrons. The average Bonchev–Trinajstić information content (AvgIpc) is 3.14. The molecule has 1 fully saturated rings. The van der Waals surface area contributed by atoms with Crippen LogP contribution in [-0.4, -0.2) is 49.7 Å². The number of piperidine rings is 1. The van der Waals surface area contributed by atoms with Gasteiger partial charge in [-0.25, -0.2) is 9.97 Å². The highest BCUT2D eigenvalue weighted by Crippen LogP contribution is 2.30. The first kappa shape index (κ1) is 20.6. The van der Waals surface area contributed by atoms with E-state index in [0.29, 0.717) is 38.9 Å². The van der Waals surface area contributed by atoms with Crippen molar-refractivity contribution in [2.75, 3.05) is 18.4 Å². The molecule has 2 aromatic heterocycles. The van der Waals surface area contributed by atoms with E-state index in [-0.39, 0.29) is 12.5 Å². The quantitative estimate of drug-likeness (QED) is 0.532. The maximum absolute atomic E-state index is 11.4. The molecule has 156 valence electrons. The van der Waals surface area contributed by atoms with Gasteiger partial charge in [0, 0.05) is 30.5 Å². The molecule has 0 amide bonds. The Morgan fingerprint density at radius 2 is 2.13 bits per heavy atom. The highest BCUT2D eigenvalue weighted by Gasteiger charge is 2.19. The van der Waals surface area contributed by atoms with Crippen LogP contribution < -0.4 is 10.6 Å². The van der Waals surface area contributed by atoms with Gasteiger partial charge >= 0.3 is 5.97 Å². The van der Waals surface area contributed by atoms with Gasteiger partial charge < -0.3 is 15.7 Å². The van der Waals surface area contributed by atoms with Crippen molar-refractivity contribution in [2.24, 2.45) is 0 Å². The number of halogens is 2. The Morgan fingerprint density at radius 3 is 2.87 bits per heavy atom. The molecule has 1 aliphatic heterocycles. The highest BCUT2D eigenvalue weighted by molar-refractivity contribution is 6.42. The molecule has 0 bridgehead atoms. The molecule has 3 N–H and O–H groups in total. The van der Waals surface area contributed by atoms with Crippen molar-refractivity contribution in [1.82, 2.24) is 24.8 Å². The SMILES string of the molecule is O=C(O)Cc1cnc(-c2ccc(Cl)c(Cl)c2)n1-c1ccnc(N[C@H]2CCCNC2)n1. The van der Waals surface area contributed by atoms with Crippen LogP contribution in [0.15, 0.2) is 36.7 Å². The number of rotatable bonds is 6. The average molecular weight is 447 g/mol. The number of imidazole rings is 1. The molecule has 0 spiro atoms. The van der Waals surface area contributed by atoms with Crippen molar-refractivity contribution in [3.05, 3.63) is 52.4 Å².